The average Bonchev–Trinajstić information content (AvgIpc) is 2.52. The second-order valence-corrected chi connectivity index (χ2v) is 7.68. The second-order valence-electron chi connectivity index (χ2n) is 6.69. The largest absolute Gasteiger partial charge is 1.00 e. The van der Waals surface area contributed by atoms with E-state index >= 15 is 0 Å². The van der Waals surface area contributed by atoms with E-state index in [0.717, 1.165) is 29.6 Å². The number of hydrogen-bond acceptors (Lipinski definition) is 7. The van der Waals surface area contributed by atoms with Gasteiger partial charge < -0.3 is 49.4 Å². The van der Waals surface area contributed by atoms with Gasteiger partial charge >= 0.3 is 11.9 Å². The summed E-state index contributed by atoms with van der Waals surface area (Å²) in [4.78, 5) is 20.2. The van der Waals surface area contributed by atoms with Crippen LogP contribution in [0, 0.1) is 0 Å². The summed E-state index contributed by atoms with van der Waals surface area (Å²) in [5, 5.41) is 25.0. The fraction of sp³-hybridized carbons (Fsp3) is 0.875. The summed E-state index contributed by atoms with van der Waals surface area (Å²) in [7, 11) is 6.16. The van der Waals surface area contributed by atoms with Crippen molar-refractivity contribution in [3.63, 3.8) is 0 Å². The predicted molar refractivity (Wildman–Crippen MR) is 107 cm³/mol. The fourth-order valence-electron chi connectivity index (χ4n) is 1.30. The molecule has 0 fully saturated rings. The Morgan fingerprint density at radius 2 is 1.44 bits per heavy atom. The number of aliphatic hydroxyl groups is 1. The molecule has 11 heteroatoms. The quantitative estimate of drug-likeness (QED) is 0.142. The molecule has 0 amide bonds. The fourth-order valence-corrected chi connectivity index (χ4v) is 1.79. The normalized spacial score (nSPS) is 12.3. The highest BCUT2D eigenvalue weighted by atomic mass is 35.5. The molecule has 0 heterocycles. The molecule has 0 aliphatic heterocycles. The molecule has 0 spiro atoms. The number of unbranched alkanes of at least 4 members (excludes halogenated alkanes) is 1. The van der Waals surface area contributed by atoms with Crippen LogP contribution in [-0.2, 0) is 9.59 Å². The molecule has 9 N–H and O–H groups in total. The molecule has 0 aromatic carbocycles. The van der Waals surface area contributed by atoms with Gasteiger partial charge in [0, 0.05) is 0 Å². The SMILES string of the molecule is CSCCC(N)C(=O)O.C[N+](C)(C)CCO.NCCCCC(N)C(=O)O.[Cl-]. The van der Waals surface area contributed by atoms with E-state index in [4.69, 9.17) is 32.5 Å². The van der Waals surface area contributed by atoms with E-state index < -0.39 is 24.0 Å². The lowest BCUT2D eigenvalue weighted by atomic mass is 10.1. The van der Waals surface area contributed by atoms with Gasteiger partial charge in [-0.1, -0.05) is 6.42 Å². The van der Waals surface area contributed by atoms with Crippen molar-refractivity contribution in [3.05, 3.63) is 0 Å². The monoisotopic (exact) mass is 434 g/mol. The van der Waals surface area contributed by atoms with E-state index in [-0.39, 0.29) is 19.0 Å². The Kier molecular flexibility index (Phi) is 27.2. The van der Waals surface area contributed by atoms with Gasteiger partial charge in [-0.15, -0.1) is 0 Å². The van der Waals surface area contributed by atoms with Crippen LogP contribution in [0.25, 0.3) is 0 Å². The maximum absolute atomic E-state index is 10.1. The van der Waals surface area contributed by atoms with Gasteiger partial charge in [0.15, 0.2) is 0 Å². The van der Waals surface area contributed by atoms with Gasteiger partial charge in [0.05, 0.1) is 27.7 Å². The molecule has 9 nitrogen and oxygen atoms in total. The highest BCUT2D eigenvalue weighted by Gasteiger charge is 2.09. The van der Waals surface area contributed by atoms with Crippen molar-refractivity contribution in [2.75, 3.05) is 52.8 Å². The lowest BCUT2D eigenvalue weighted by Crippen LogP contribution is -3.00. The number of quaternary nitrogens is 1. The molecule has 0 bridgehead atoms. The molecule has 0 rings (SSSR count). The second kappa shape index (κ2) is 21.7. The summed E-state index contributed by atoms with van der Waals surface area (Å²) in [6, 6.07) is -1.40. The van der Waals surface area contributed by atoms with Crippen molar-refractivity contribution in [2.45, 2.75) is 37.8 Å². The molecule has 0 aromatic heterocycles. The van der Waals surface area contributed by atoms with Crippen LogP contribution in [0.2, 0.25) is 0 Å². The van der Waals surface area contributed by atoms with Gasteiger partial charge in [0.25, 0.3) is 0 Å². The van der Waals surface area contributed by atoms with Gasteiger partial charge in [-0.2, -0.15) is 11.8 Å². The molecule has 0 aliphatic carbocycles. The third-order valence-corrected chi connectivity index (χ3v) is 3.65. The van der Waals surface area contributed by atoms with Crippen LogP contribution in [-0.4, -0.2) is 96.7 Å². The van der Waals surface area contributed by atoms with Crippen molar-refractivity contribution in [1.82, 2.24) is 0 Å². The first-order chi connectivity index (χ1) is 11.9. The van der Waals surface area contributed by atoms with Gasteiger partial charge in [-0.25, -0.2) is 0 Å². The number of carbonyl (C=O) groups is 2. The zero-order chi connectivity index (χ0) is 21.2. The third kappa shape index (κ3) is 33.4. The first kappa shape index (κ1) is 33.9. The van der Waals surface area contributed by atoms with Crippen molar-refractivity contribution in [1.29, 1.82) is 0 Å². The van der Waals surface area contributed by atoms with E-state index in [0.29, 0.717) is 19.4 Å². The first-order valence-corrected chi connectivity index (χ1v) is 9.89. The zero-order valence-corrected chi connectivity index (χ0v) is 18.5. The lowest BCUT2D eigenvalue weighted by molar-refractivity contribution is -0.870. The maximum Gasteiger partial charge on any atom is 0.320 e. The van der Waals surface area contributed by atoms with Crippen LogP contribution < -0.4 is 29.6 Å². The molecular weight excluding hydrogens is 396 g/mol. The number of carboxylic acids is 2. The standard InChI is InChI=1S/C6H14N2O2.C5H11NO2S.C5H14NO.ClH/c7-4-2-1-3-5(8)6(9)10;1-9-3-2-4(6)5(7)8;1-6(2,3)4-5-7;/h5H,1-4,7-8H2,(H,9,10);4H,2-3,6H2,1H3,(H,7,8);7H,4-5H2,1-3H3;1H/q;;+1;/p-1. The van der Waals surface area contributed by atoms with E-state index in [9.17, 15) is 9.59 Å². The van der Waals surface area contributed by atoms with Gasteiger partial charge in [0.1, 0.15) is 18.6 Å². The summed E-state index contributed by atoms with van der Waals surface area (Å²) in [5.41, 5.74) is 15.6. The van der Waals surface area contributed by atoms with E-state index in [2.05, 4.69) is 21.1 Å². The first-order valence-electron chi connectivity index (χ1n) is 8.50. The van der Waals surface area contributed by atoms with Crippen molar-refractivity contribution in [2.24, 2.45) is 17.2 Å². The van der Waals surface area contributed by atoms with Crippen LogP contribution in [0.4, 0.5) is 0 Å². The molecule has 0 aliphatic rings. The van der Waals surface area contributed by atoms with Crippen molar-refractivity contribution >= 4 is 23.7 Å². The highest BCUT2D eigenvalue weighted by Crippen LogP contribution is 1.98. The van der Waals surface area contributed by atoms with Gasteiger partial charge in [-0.05, 0) is 37.8 Å². The van der Waals surface area contributed by atoms with Crippen LogP contribution in [0.15, 0.2) is 0 Å². The average molecular weight is 435 g/mol. The molecule has 2 unspecified atom stereocenters. The van der Waals surface area contributed by atoms with Gasteiger partial charge in [0.2, 0.25) is 0 Å². The zero-order valence-electron chi connectivity index (χ0n) is 16.9. The molecular formula is C16H39ClN4O5S. The van der Waals surface area contributed by atoms with Crippen LogP contribution in [0.3, 0.4) is 0 Å². The number of thioether (sulfide) groups is 1. The molecule has 0 aromatic rings. The Morgan fingerprint density at radius 1 is 1.00 bits per heavy atom. The minimum Gasteiger partial charge on any atom is -1.00 e. The van der Waals surface area contributed by atoms with Crippen LogP contribution in [0.5, 0.6) is 0 Å². The van der Waals surface area contributed by atoms with Gasteiger partial charge in [-0.3, -0.25) is 9.59 Å². The smallest absolute Gasteiger partial charge is 0.320 e. The topological polar surface area (TPSA) is 173 Å². The maximum atomic E-state index is 10.1. The summed E-state index contributed by atoms with van der Waals surface area (Å²) < 4.78 is 0.844. The highest BCUT2D eigenvalue weighted by molar-refractivity contribution is 7.98. The number of nitrogens with zero attached hydrogens (tertiary/aromatic N) is 1. The molecule has 2 atom stereocenters. The van der Waals surface area contributed by atoms with E-state index in [1.54, 1.807) is 11.8 Å². The number of aliphatic carboxylic acids is 2. The molecule has 0 saturated carbocycles. The number of halogens is 1. The Balaban J connectivity index is -0.000000146. The Hall–Kier alpha value is -0.620. The van der Waals surface area contributed by atoms with Crippen LogP contribution >= 0.6 is 11.8 Å². The number of rotatable bonds is 11. The van der Waals surface area contributed by atoms with Crippen LogP contribution in [0.1, 0.15) is 25.7 Å². The number of likely N-dealkylation sites (N-methyl/N-ethyl adjacent to an activating group) is 1. The Labute approximate surface area is 173 Å². The number of hydrogen-bond donors (Lipinski definition) is 6. The minimum atomic E-state index is -0.933. The molecule has 27 heavy (non-hydrogen) atoms. The van der Waals surface area contributed by atoms with Crippen molar-refractivity contribution in [3.8, 4) is 0 Å². The predicted octanol–water partition coefficient (Wildman–Crippen LogP) is -3.63. The van der Waals surface area contributed by atoms with E-state index in [1.165, 1.54) is 0 Å². The molecule has 166 valence electrons. The summed E-state index contributed by atoms with van der Waals surface area (Å²) in [5.74, 6) is -1.03. The molecule has 0 radical (unpaired) electrons. The lowest BCUT2D eigenvalue weighted by Gasteiger charge is -2.21. The van der Waals surface area contributed by atoms with Crippen molar-refractivity contribution < 1.29 is 41.8 Å². The summed E-state index contributed by atoms with van der Waals surface area (Å²) in [6.07, 6.45) is 4.64. The number of nitrogens with two attached hydrogens (primary N) is 3. The summed E-state index contributed by atoms with van der Waals surface area (Å²) >= 11 is 1.60. The molecule has 0 saturated heterocycles. The Morgan fingerprint density at radius 3 is 1.70 bits per heavy atom. The summed E-state index contributed by atoms with van der Waals surface area (Å²) in [6.45, 7) is 1.72. The van der Waals surface area contributed by atoms with E-state index in [1.807, 2.05) is 6.26 Å². The number of carboxylic acid groups (broad SMARTS) is 2. The minimum absolute atomic E-state index is 0. The Bertz CT molecular complexity index is 360. The third-order valence-electron chi connectivity index (χ3n) is 3.01. The number of aliphatic hydroxyl groups excluding tert-OH is 1.